The molecule has 0 saturated heterocycles. The first-order chi connectivity index (χ1) is 9.35. The molecular formula is C14H16N2O3S. The number of hydrogen-bond donors (Lipinski definition) is 2. The number of amides is 1. The highest BCUT2D eigenvalue weighted by molar-refractivity contribution is 7.99. The lowest BCUT2D eigenvalue weighted by Gasteiger charge is -2.24. The van der Waals surface area contributed by atoms with E-state index in [0.29, 0.717) is 10.5 Å². The van der Waals surface area contributed by atoms with Crippen LogP contribution >= 0.6 is 11.8 Å². The Hall–Kier alpha value is -2.00. The van der Waals surface area contributed by atoms with Crippen molar-refractivity contribution in [1.82, 2.24) is 5.32 Å². The minimum absolute atomic E-state index is 0.160. The summed E-state index contributed by atoms with van der Waals surface area (Å²) in [6, 6.07) is 8.96. The van der Waals surface area contributed by atoms with Crippen LogP contribution in [0, 0.1) is 11.3 Å². The summed E-state index contributed by atoms with van der Waals surface area (Å²) in [4.78, 5) is 23.7. The van der Waals surface area contributed by atoms with E-state index < -0.39 is 11.5 Å². The molecular weight excluding hydrogens is 276 g/mol. The van der Waals surface area contributed by atoms with E-state index in [9.17, 15) is 9.59 Å². The highest BCUT2D eigenvalue weighted by Crippen LogP contribution is 2.23. The van der Waals surface area contributed by atoms with Gasteiger partial charge in [-0.05, 0) is 26.0 Å². The van der Waals surface area contributed by atoms with Gasteiger partial charge in [0, 0.05) is 10.4 Å². The van der Waals surface area contributed by atoms with E-state index in [1.165, 1.54) is 11.8 Å². The van der Waals surface area contributed by atoms with Gasteiger partial charge in [-0.25, -0.2) is 0 Å². The topological polar surface area (TPSA) is 90.2 Å². The fourth-order valence-corrected chi connectivity index (χ4v) is 2.40. The highest BCUT2D eigenvalue weighted by Gasteiger charge is 2.25. The van der Waals surface area contributed by atoms with Gasteiger partial charge >= 0.3 is 5.97 Å². The first kappa shape index (κ1) is 16.1. The van der Waals surface area contributed by atoms with Crippen molar-refractivity contribution in [1.29, 1.82) is 5.26 Å². The van der Waals surface area contributed by atoms with Crippen LogP contribution in [0.2, 0.25) is 0 Å². The molecule has 0 aromatic heterocycles. The highest BCUT2D eigenvalue weighted by atomic mass is 32.2. The number of rotatable bonds is 6. The first-order valence-electron chi connectivity index (χ1n) is 5.99. The maximum atomic E-state index is 12.2. The number of nitrogens with zero attached hydrogens (tertiary/aromatic N) is 1. The van der Waals surface area contributed by atoms with Crippen molar-refractivity contribution >= 4 is 23.6 Å². The molecule has 0 aliphatic heterocycles. The molecule has 5 nitrogen and oxygen atoms in total. The van der Waals surface area contributed by atoms with Gasteiger partial charge < -0.3 is 10.4 Å². The number of nitriles is 1. The lowest BCUT2D eigenvalue weighted by Crippen LogP contribution is -2.45. The Morgan fingerprint density at radius 1 is 1.40 bits per heavy atom. The Bertz CT molecular complexity index is 550. The van der Waals surface area contributed by atoms with E-state index in [2.05, 4.69) is 5.32 Å². The van der Waals surface area contributed by atoms with Gasteiger partial charge in [-0.15, -0.1) is 11.8 Å². The quantitative estimate of drug-likeness (QED) is 0.785. The molecule has 0 radical (unpaired) electrons. The van der Waals surface area contributed by atoms with E-state index >= 15 is 0 Å². The molecule has 0 saturated carbocycles. The Labute approximate surface area is 122 Å². The maximum absolute atomic E-state index is 12.2. The lowest BCUT2D eigenvalue weighted by atomic mass is 10.00. The van der Waals surface area contributed by atoms with Gasteiger partial charge in [0.15, 0.2) is 0 Å². The molecule has 0 unspecified atom stereocenters. The fraction of sp³-hybridized carbons (Fsp3) is 0.357. The van der Waals surface area contributed by atoms with Crippen LogP contribution in [0.1, 0.15) is 30.6 Å². The molecule has 0 spiro atoms. The summed E-state index contributed by atoms with van der Waals surface area (Å²) >= 11 is 1.28. The molecule has 0 aliphatic carbocycles. The number of carbonyl (C=O) groups excluding carboxylic acids is 1. The molecule has 2 N–H and O–H groups in total. The van der Waals surface area contributed by atoms with Gasteiger partial charge in [-0.1, -0.05) is 12.1 Å². The van der Waals surface area contributed by atoms with Crippen LogP contribution in [0.15, 0.2) is 29.2 Å². The average Bonchev–Trinajstić information content (AvgIpc) is 2.34. The van der Waals surface area contributed by atoms with E-state index in [-0.39, 0.29) is 18.1 Å². The van der Waals surface area contributed by atoms with Crippen molar-refractivity contribution in [3.05, 3.63) is 29.8 Å². The van der Waals surface area contributed by atoms with Crippen LogP contribution in [0.3, 0.4) is 0 Å². The minimum atomic E-state index is -0.970. The Morgan fingerprint density at radius 3 is 2.65 bits per heavy atom. The Balaban J connectivity index is 2.87. The summed E-state index contributed by atoms with van der Waals surface area (Å²) < 4.78 is 0. The summed E-state index contributed by atoms with van der Waals surface area (Å²) in [6.45, 7) is 3.31. The molecule has 0 heterocycles. The second kappa shape index (κ2) is 6.96. The average molecular weight is 292 g/mol. The monoisotopic (exact) mass is 292 g/mol. The van der Waals surface area contributed by atoms with Crippen LogP contribution in [0.4, 0.5) is 0 Å². The number of carbonyl (C=O) groups is 2. The molecule has 0 bridgehead atoms. The normalized spacial score (nSPS) is 10.7. The summed E-state index contributed by atoms with van der Waals surface area (Å²) in [7, 11) is 0. The smallest absolute Gasteiger partial charge is 0.305 e. The molecule has 1 aromatic rings. The number of carboxylic acid groups (broad SMARTS) is 1. The third-order valence-electron chi connectivity index (χ3n) is 2.47. The summed E-state index contributed by atoms with van der Waals surface area (Å²) in [5, 5.41) is 20.1. The standard InChI is InChI=1S/C14H16N2O3S/c1-14(2,9-12(17)18)16-13(19)10-5-3-4-6-11(10)20-8-7-15/h3-6H,8-9H2,1-2H3,(H,16,19)(H,17,18). The summed E-state index contributed by atoms with van der Waals surface area (Å²) in [6.07, 6.45) is -0.160. The molecule has 6 heteroatoms. The van der Waals surface area contributed by atoms with E-state index in [1.54, 1.807) is 38.1 Å². The van der Waals surface area contributed by atoms with Crippen molar-refractivity contribution in [3.63, 3.8) is 0 Å². The van der Waals surface area contributed by atoms with E-state index in [0.717, 1.165) is 0 Å². The predicted molar refractivity (Wildman–Crippen MR) is 76.6 cm³/mol. The Morgan fingerprint density at radius 2 is 2.05 bits per heavy atom. The zero-order chi connectivity index (χ0) is 15.2. The third kappa shape index (κ3) is 4.94. The molecule has 0 fully saturated rings. The van der Waals surface area contributed by atoms with Gasteiger partial charge in [-0.3, -0.25) is 9.59 Å². The summed E-state index contributed by atoms with van der Waals surface area (Å²) in [5.74, 6) is -1.05. The van der Waals surface area contributed by atoms with Crippen LogP contribution < -0.4 is 5.32 Å². The van der Waals surface area contributed by atoms with E-state index in [1.807, 2.05) is 6.07 Å². The third-order valence-corrected chi connectivity index (χ3v) is 3.41. The van der Waals surface area contributed by atoms with Crippen molar-refractivity contribution in [2.45, 2.75) is 30.7 Å². The Kier molecular flexibility index (Phi) is 5.59. The van der Waals surface area contributed by atoms with Crippen molar-refractivity contribution in [3.8, 4) is 6.07 Å². The van der Waals surface area contributed by atoms with Crippen molar-refractivity contribution < 1.29 is 14.7 Å². The number of carboxylic acids is 1. The van der Waals surface area contributed by atoms with Crippen LogP contribution in [0.5, 0.6) is 0 Å². The molecule has 1 aromatic carbocycles. The van der Waals surface area contributed by atoms with E-state index in [4.69, 9.17) is 10.4 Å². The van der Waals surface area contributed by atoms with Crippen molar-refractivity contribution in [2.75, 3.05) is 5.75 Å². The largest absolute Gasteiger partial charge is 0.481 e. The van der Waals surface area contributed by atoms with Gasteiger partial charge in [0.25, 0.3) is 5.91 Å². The van der Waals surface area contributed by atoms with Crippen LogP contribution in [-0.2, 0) is 4.79 Å². The van der Waals surface area contributed by atoms with Gasteiger partial charge in [0.05, 0.1) is 23.8 Å². The number of benzene rings is 1. The van der Waals surface area contributed by atoms with Crippen LogP contribution in [0.25, 0.3) is 0 Å². The first-order valence-corrected chi connectivity index (χ1v) is 6.97. The number of thioether (sulfide) groups is 1. The fourth-order valence-electron chi connectivity index (χ4n) is 1.69. The zero-order valence-electron chi connectivity index (χ0n) is 11.3. The SMILES string of the molecule is CC(C)(CC(=O)O)NC(=O)c1ccccc1SCC#N. The summed E-state index contributed by atoms with van der Waals surface area (Å²) in [5.41, 5.74) is -0.387. The number of nitrogens with one attached hydrogen (secondary N) is 1. The van der Waals surface area contributed by atoms with Gasteiger partial charge in [0.1, 0.15) is 0 Å². The van der Waals surface area contributed by atoms with Crippen LogP contribution in [-0.4, -0.2) is 28.3 Å². The van der Waals surface area contributed by atoms with Crippen molar-refractivity contribution in [2.24, 2.45) is 0 Å². The molecule has 0 atom stereocenters. The predicted octanol–water partition coefficient (Wildman–Crippen LogP) is 2.29. The molecule has 20 heavy (non-hydrogen) atoms. The number of aliphatic carboxylic acids is 1. The van der Waals surface area contributed by atoms with Gasteiger partial charge in [-0.2, -0.15) is 5.26 Å². The second-order valence-electron chi connectivity index (χ2n) is 4.85. The molecule has 1 amide bonds. The van der Waals surface area contributed by atoms with Gasteiger partial charge in [0.2, 0.25) is 0 Å². The lowest BCUT2D eigenvalue weighted by molar-refractivity contribution is -0.138. The number of hydrogen-bond acceptors (Lipinski definition) is 4. The zero-order valence-corrected chi connectivity index (χ0v) is 12.2. The second-order valence-corrected chi connectivity index (χ2v) is 5.87. The molecule has 0 aliphatic rings. The molecule has 106 valence electrons. The maximum Gasteiger partial charge on any atom is 0.305 e. The molecule has 1 rings (SSSR count). The minimum Gasteiger partial charge on any atom is -0.481 e.